The fourth-order valence-electron chi connectivity index (χ4n) is 2.58. The van der Waals surface area contributed by atoms with E-state index in [1.54, 1.807) is 10.7 Å². The molecule has 0 spiro atoms. The molecular formula is C15H22N4O2. The van der Waals surface area contributed by atoms with Crippen LogP contribution < -0.4 is 5.32 Å². The van der Waals surface area contributed by atoms with Crippen LogP contribution in [0.4, 0.5) is 5.82 Å². The normalized spacial score (nSPS) is 15.6. The van der Waals surface area contributed by atoms with Gasteiger partial charge in [-0.15, -0.1) is 0 Å². The number of aryl methyl sites for hydroxylation is 2. The highest BCUT2D eigenvalue weighted by atomic mass is 16.5. The van der Waals surface area contributed by atoms with Crippen molar-refractivity contribution >= 4 is 11.7 Å². The third-order valence-electron chi connectivity index (χ3n) is 3.61. The molecule has 2 rings (SSSR count). The average molecular weight is 290 g/mol. The number of carbonyl (C=O) groups excluding carboxylic acids is 1. The summed E-state index contributed by atoms with van der Waals surface area (Å²) in [6.07, 6.45) is 6.32. The van der Waals surface area contributed by atoms with Gasteiger partial charge in [-0.05, 0) is 19.8 Å². The van der Waals surface area contributed by atoms with Crippen LogP contribution in [0.25, 0.3) is 0 Å². The number of anilines is 1. The summed E-state index contributed by atoms with van der Waals surface area (Å²) in [5.41, 5.74) is 0.816. The highest BCUT2D eigenvalue weighted by molar-refractivity contribution is 5.90. The van der Waals surface area contributed by atoms with Crippen molar-refractivity contribution in [2.24, 2.45) is 0 Å². The minimum absolute atomic E-state index is 0.0765. The molecule has 0 aromatic carbocycles. The fourth-order valence-corrected chi connectivity index (χ4v) is 2.58. The van der Waals surface area contributed by atoms with Gasteiger partial charge in [-0.25, -0.2) is 4.68 Å². The zero-order valence-electron chi connectivity index (χ0n) is 12.5. The van der Waals surface area contributed by atoms with Gasteiger partial charge in [-0.1, -0.05) is 19.3 Å². The van der Waals surface area contributed by atoms with Crippen molar-refractivity contribution in [2.75, 3.05) is 11.9 Å². The highest BCUT2D eigenvalue weighted by Crippen LogP contribution is 2.20. The Labute approximate surface area is 125 Å². The van der Waals surface area contributed by atoms with Crippen LogP contribution in [0, 0.1) is 18.3 Å². The molecule has 0 bridgehead atoms. The monoisotopic (exact) mass is 290 g/mol. The van der Waals surface area contributed by atoms with Crippen LogP contribution in [0.5, 0.6) is 0 Å². The Morgan fingerprint density at radius 2 is 2.29 bits per heavy atom. The number of rotatable bonds is 6. The Hall–Kier alpha value is -1.87. The summed E-state index contributed by atoms with van der Waals surface area (Å²) in [4.78, 5) is 11.9. The van der Waals surface area contributed by atoms with Crippen LogP contribution in [0.2, 0.25) is 0 Å². The molecule has 1 aromatic rings. The predicted molar refractivity (Wildman–Crippen MR) is 78.6 cm³/mol. The Morgan fingerprint density at radius 1 is 1.52 bits per heavy atom. The van der Waals surface area contributed by atoms with E-state index in [1.807, 2.05) is 6.92 Å². The second-order valence-electron chi connectivity index (χ2n) is 5.42. The SMILES string of the molecule is Cc1cc(NC(=O)COC2CCCCC2)n(CCC#N)n1. The van der Waals surface area contributed by atoms with Crippen LogP contribution in [0.1, 0.15) is 44.2 Å². The lowest BCUT2D eigenvalue weighted by molar-refractivity contribution is -0.123. The Balaban J connectivity index is 1.82. The summed E-state index contributed by atoms with van der Waals surface area (Å²) < 4.78 is 7.30. The van der Waals surface area contributed by atoms with Crippen LogP contribution >= 0.6 is 0 Å². The molecule has 1 aromatic heterocycles. The lowest BCUT2D eigenvalue weighted by Gasteiger charge is -2.21. The van der Waals surface area contributed by atoms with Gasteiger partial charge < -0.3 is 10.1 Å². The van der Waals surface area contributed by atoms with Crippen LogP contribution in [0.15, 0.2) is 6.07 Å². The molecule has 1 heterocycles. The molecule has 6 heteroatoms. The molecule has 6 nitrogen and oxygen atoms in total. The number of carbonyl (C=O) groups is 1. The van der Waals surface area contributed by atoms with Gasteiger partial charge in [0.05, 0.1) is 30.8 Å². The zero-order chi connectivity index (χ0) is 15.1. The Kier molecular flexibility index (Phi) is 5.76. The predicted octanol–water partition coefficient (Wildman–Crippen LogP) is 2.39. The standard InChI is InChI=1S/C15H22N4O2/c1-12-10-14(19(18-12)9-5-8-16)17-15(20)11-21-13-6-3-2-4-7-13/h10,13H,2-7,9,11H2,1H3,(H,17,20). The van der Waals surface area contributed by atoms with Crippen LogP contribution in [-0.2, 0) is 16.1 Å². The number of hydrogen-bond acceptors (Lipinski definition) is 4. The topological polar surface area (TPSA) is 79.9 Å². The molecule has 1 saturated carbocycles. The molecular weight excluding hydrogens is 268 g/mol. The Bertz CT molecular complexity index is 512. The molecule has 1 aliphatic carbocycles. The van der Waals surface area contributed by atoms with E-state index in [0.29, 0.717) is 18.8 Å². The second-order valence-corrected chi connectivity index (χ2v) is 5.42. The largest absolute Gasteiger partial charge is 0.368 e. The summed E-state index contributed by atoms with van der Waals surface area (Å²) in [5.74, 6) is 0.457. The Morgan fingerprint density at radius 3 is 3.00 bits per heavy atom. The third kappa shape index (κ3) is 4.87. The summed E-state index contributed by atoms with van der Waals surface area (Å²) in [7, 11) is 0. The molecule has 0 unspecified atom stereocenters. The first-order valence-electron chi connectivity index (χ1n) is 7.52. The quantitative estimate of drug-likeness (QED) is 0.872. The molecule has 1 amide bonds. The molecule has 0 radical (unpaired) electrons. The molecule has 114 valence electrons. The van der Waals surface area contributed by atoms with E-state index in [4.69, 9.17) is 10.00 Å². The number of amides is 1. The molecule has 1 fully saturated rings. The third-order valence-corrected chi connectivity index (χ3v) is 3.61. The van der Waals surface area contributed by atoms with E-state index in [9.17, 15) is 4.79 Å². The smallest absolute Gasteiger partial charge is 0.251 e. The minimum atomic E-state index is -0.168. The lowest BCUT2D eigenvalue weighted by Crippen LogP contribution is -2.25. The van der Waals surface area contributed by atoms with Gasteiger partial charge >= 0.3 is 0 Å². The van der Waals surface area contributed by atoms with E-state index in [1.165, 1.54) is 19.3 Å². The maximum atomic E-state index is 11.9. The zero-order valence-corrected chi connectivity index (χ0v) is 12.5. The first kappa shape index (κ1) is 15.5. The number of nitrogens with zero attached hydrogens (tertiary/aromatic N) is 3. The number of nitrogens with one attached hydrogen (secondary N) is 1. The summed E-state index contributed by atoms with van der Waals surface area (Å²) in [6.45, 7) is 2.41. The molecule has 1 N–H and O–H groups in total. The maximum absolute atomic E-state index is 11.9. The van der Waals surface area contributed by atoms with Crippen molar-refractivity contribution in [3.63, 3.8) is 0 Å². The average Bonchev–Trinajstić information content (AvgIpc) is 2.83. The lowest BCUT2D eigenvalue weighted by atomic mass is 9.98. The first-order chi connectivity index (χ1) is 10.2. The van der Waals surface area contributed by atoms with E-state index in [2.05, 4.69) is 16.5 Å². The van der Waals surface area contributed by atoms with E-state index < -0.39 is 0 Å². The van der Waals surface area contributed by atoms with Gasteiger partial charge in [0.25, 0.3) is 5.91 Å². The molecule has 1 aliphatic rings. The number of ether oxygens (including phenoxy) is 1. The van der Waals surface area contributed by atoms with Crippen LogP contribution in [-0.4, -0.2) is 28.4 Å². The van der Waals surface area contributed by atoms with E-state index in [0.717, 1.165) is 18.5 Å². The van der Waals surface area contributed by atoms with E-state index >= 15 is 0 Å². The van der Waals surface area contributed by atoms with Gasteiger partial charge in [-0.2, -0.15) is 10.4 Å². The number of hydrogen-bond donors (Lipinski definition) is 1. The van der Waals surface area contributed by atoms with Gasteiger partial charge in [0.2, 0.25) is 0 Å². The summed E-state index contributed by atoms with van der Waals surface area (Å²) >= 11 is 0. The molecule has 0 atom stereocenters. The molecule has 0 aliphatic heterocycles. The minimum Gasteiger partial charge on any atom is -0.368 e. The number of nitriles is 1. The van der Waals surface area contributed by atoms with Gasteiger partial charge in [-0.3, -0.25) is 4.79 Å². The van der Waals surface area contributed by atoms with Crippen molar-refractivity contribution in [3.8, 4) is 6.07 Å². The van der Waals surface area contributed by atoms with Crippen molar-refractivity contribution in [1.29, 1.82) is 5.26 Å². The maximum Gasteiger partial charge on any atom is 0.251 e. The van der Waals surface area contributed by atoms with E-state index in [-0.39, 0.29) is 18.6 Å². The highest BCUT2D eigenvalue weighted by Gasteiger charge is 2.16. The van der Waals surface area contributed by atoms with Gasteiger partial charge in [0, 0.05) is 6.07 Å². The van der Waals surface area contributed by atoms with Crippen molar-refractivity contribution in [1.82, 2.24) is 9.78 Å². The van der Waals surface area contributed by atoms with Gasteiger partial charge in [0.1, 0.15) is 12.4 Å². The van der Waals surface area contributed by atoms with Crippen molar-refractivity contribution in [2.45, 2.75) is 58.1 Å². The van der Waals surface area contributed by atoms with Crippen molar-refractivity contribution in [3.05, 3.63) is 11.8 Å². The first-order valence-corrected chi connectivity index (χ1v) is 7.52. The number of aromatic nitrogens is 2. The summed E-state index contributed by atoms with van der Waals surface area (Å²) in [6, 6.07) is 3.88. The molecule has 21 heavy (non-hydrogen) atoms. The second kappa shape index (κ2) is 7.79. The van der Waals surface area contributed by atoms with Gasteiger partial charge in [0.15, 0.2) is 0 Å². The summed E-state index contributed by atoms with van der Waals surface area (Å²) in [5, 5.41) is 15.7. The fraction of sp³-hybridized carbons (Fsp3) is 0.667. The molecule has 0 saturated heterocycles. The van der Waals surface area contributed by atoms with Crippen LogP contribution in [0.3, 0.4) is 0 Å². The van der Waals surface area contributed by atoms with Crippen molar-refractivity contribution < 1.29 is 9.53 Å².